The summed E-state index contributed by atoms with van der Waals surface area (Å²) < 4.78 is 0. The first-order valence-electron chi connectivity index (χ1n) is 5.20. The number of rotatable bonds is 3. The van der Waals surface area contributed by atoms with Crippen molar-refractivity contribution >= 4 is 11.8 Å². The molecular formula is C12H16N2O3. The van der Waals surface area contributed by atoms with E-state index >= 15 is 0 Å². The highest BCUT2D eigenvalue weighted by Gasteiger charge is 2.12. The van der Waals surface area contributed by atoms with Crippen LogP contribution in [0.5, 0.6) is 5.75 Å². The molecule has 0 aliphatic rings. The van der Waals surface area contributed by atoms with Gasteiger partial charge in [-0.3, -0.25) is 9.59 Å². The number of benzene rings is 1. The van der Waals surface area contributed by atoms with Crippen molar-refractivity contribution in [3.05, 3.63) is 29.3 Å². The van der Waals surface area contributed by atoms with Crippen LogP contribution in [0.2, 0.25) is 0 Å². The van der Waals surface area contributed by atoms with Gasteiger partial charge in [0.25, 0.3) is 5.91 Å². The summed E-state index contributed by atoms with van der Waals surface area (Å²) in [6, 6.07) is 4.70. The number of carbonyl (C=O) groups is 2. The first-order valence-corrected chi connectivity index (χ1v) is 5.20. The van der Waals surface area contributed by atoms with Crippen LogP contribution in [-0.4, -0.2) is 42.5 Å². The average Bonchev–Trinajstić information content (AvgIpc) is 2.29. The minimum Gasteiger partial charge on any atom is -0.508 e. The molecule has 0 aliphatic heterocycles. The SMILES string of the molecule is Cc1c(O)cccc1C(=O)NCC(=O)N(C)C. The molecule has 0 spiro atoms. The van der Waals surface area contributed by atoms with Gasteiger partial charge in [-0.2, -0.15) is 0 Å². The number of aromatic hydroxyl groups is 1. The van der Waals surface area contributed by atoms with Crippen molar-refractivity contribution in [2.75, 3.05) is 20.6 Å². The molecule has 0 atom stereocenters. The van der Waals surface area contributed by atoms with E-state index in [1.165, 1.54) is 11.0 Å². The van der Waals surface area contributed by atoms with Crippen LogP contribution in [0, 0.1) is 6.92 Å². The standard InChI is InChI=1S/C12H16N2O3/c1-8-9(5-4-6-10(8)15)12(17)13-7-11(16)14(2)3/h4-6,15H,7H2,1-3H3,(H,13,17). The fourth-order valence-corrected chi connectivity index (χ4v) is 1.28. The number of amides is 2. The summed E-state index contributed by atoms with van der Waals surface area (Å²) in [5, 5.41) is 12.0. The molecule has 1 aromatic rings. The third kappa shape index (κ3) is 3.21. The molecule has 0 bridgehead atoms. The van der Waals surface area contributed by atoms with Crippen molar-refractivity contribution in [2.45, 2.75) is 6.92 Å². The maximum Gasteiger partial charge on any atom is 0.252 e. The highest BCUT2D eigenvalue weighted by molar-refractivity contribution is 5.98. The number of nitrogens with zero attached hydrogens (tertiary/aromatic N) is 1. The topological polar surface area (TPSA) is 69.6 Å². The first kappa shape index (κ1) is 13.0. The average molecular weight is 236 g/mol. The molecule has 92 valence electrons. The van der Waals surface area contributed by atoms with E-state index in [1.807, 2.05) is 0 Å². The van der Waals surface area contributed by atoms with Crippen molar-refractivity contribution in [3.8, 4) is 5.75 Å². The van der Waals surface area contributed by atoms with Crippen LogP contribution in [0.3, 0.4) is 0 Å². The van der Waals surface area contributed by atoms with Gasteiger partial charge in [0.2, 0.25) is 5.91 Å². The number of nitrogens with one attached hydrogen (secondary N) is 1. The van der Waals surface area contributed by atoms with Crippen LogP contribution < -0.4 is 5.32 Å². The Balaban J connectivity index is 2.71. The predicted octanol–water partition coefficient (Wildman–Crippen LogP) is 0.519. The maximum absolute atomic E-state index is 11.8. The molecule has 0 unspecified atom stereocenters. The lowest BCUT2D eigenvalue weighted by molar-refractivity contribution is -0.127. The summed E-state index contributed by atoms with van der Waals surface area (Å²) in [6.07, 6.45) is 0. The second-order valence-corrected chi connectivity index (χ2v) is 3.92. The first-order chi connectivity index (χ1) is 7.93. The second kappa shape index (κ2) is 5.34. The summed E-state index contributed by atoms with van der Waals surface area (Å²) in [5.41, 5.74) is 0.874. The van der Waals surface area contributed by atoms with Crippen molar-refractivity contribution in [2.24, 2.45) is 0 Å². The van der Waals surface area contributed by atoms with Crippen molar-refractivity contribution in [3.63, 3.8) is 0 Å². The largest absolute Gasteiger partial charge is 0.508 e. The number of hydrogen-bond donors (Lipinski definition) is 2. The summed E-state index contributed by atoms with van der Waals surface area (Å²) in [7, 11) is 3.24. The van der Waals surface area contributed by atoms with Gasteiger partial charge in [0.15, 0.2) is 0 Å². The summed E-state index contributed by atoms with van der Waals surface area (Å²) >= 11 is 0. The van der Waals surface area contributed by atoms with Crippen LogP contribution in [0.4, 0.5) is 0 Å². The summed E-state index contributed by atoms with van der Waals surface area (Å²) in [5.74, 6) is -0.485. The van der Waals surface area contributed by atoms with E-state index < -0.39 is 0 Å². The van der Waals surface area contributed by atoms with E-state index in [0.717, 1.165) is 0 Å². The zero-order valence-corrected chi connectivity index (χ0v) is 10.2. The quantitative estimate of drug-likeness (QED) is 0.803. The zero-order valence-electron chi connectivity index (χ0n) is 10.2. The molecule has 5 nitrogen and oxygen atoms in total. The van der Waals surface area contributed by atoms with Crippen LogP contribution in [0.1, 0.15) is 15.9 Å². The van der Waals surface area contributed by atoms with Gasteiger partial charge in [-0.25, -0.2) is 0 Å². The Bertz CT molecular complexity index is 441. The summed E-state index contributed by atoms with van der Waals surface area (Å²) in [6.45, 7) is 1.60. The molecule has 0 fully saturated rings. The van der Waals surface area contributed by atoms with Gasteiger partial charge in [-0.15, -0.1) is 0 Å². The van der Waals surface area contributed by atoms with Gasteiger partial charge >= 0.3 is 0 Å². The van der Waals surface area contributed by atoms with Gasteiger partial charge < -0.3 is 15.3 Å². The Kier molecular flexibility index (Phi) is 4.09. The zero-order chi connectivity index (χ0) is 13.0. The molecule has 0 aliphatic carbocycles. The molecule has 0 radical (unpaired) electrons. The predicted molar refractivity (Wildman–Crippen MR) is 63.9 cm³/mol. The van der Waals surface area contributed by atoms with Gasteiger partial charge in [0.05, 0.1) is 6.54 Å². The molecule has 0 aromatic heterocycles. The van der Waals surface area contributed by atoms with E-state index in [0.29, 0.717) is 11.1 Å². The number of carbonyl (C=O) groups excluding carboxylic acids is 2. The van der Waals surface area contributed by atoms with Crippen LogP contribution in [0.25, 0.3) is 0 Å². The molecule has 1 rings (SSSR count). The normalized spacial score (nSPS) is 9.82. The highest BCUT2D eigenvalue weighted by Crippen LogP contribution is 2.19. The van der Waals surface area contributed by atoms with Gasteiger partial charge in [-0.1, -0.05) is 6.07 Å². The number of hydrogen-bond acceptors (Lipinski definition) is 3. The molecule has 0 saturated heterocycles. The van der Waals surface area contributed by atoms with Gasteiger partial charge in [0, 0.05) is 25.2 Å². The van der Waals surface area contributed by atoms with Crippen LogP contribution in [-0.2, 0) is 4.79 Å². The third-order valence-electron chi connectivity index (χ3n) is 2.45. The molecule has 2 amide bonds. The van der Waals surface area contributed by atoms with Crippen LogP contribution >= 0.6 is 0 Å². The van der Waals surface area contributed by atoms with Crippen molar-refractivity contribution in [1.82, 2.24) is 10.2 Å². The highest BCUT2D eigenvalue weighted by atomic mass is 16.3. The third-order valence-corrected chi connectivity index (χ3v) is 2.45. The monoisotopic (exact) mass is 236 g/mol. The minimum atomic E-state index is -0.367. The molecule has 17 heavy (non-hydrogen) atoms. The lowest BCUT2D eigenvalue weighted by Gasteiger charge is -2.12. The van der Waals surface area contributed by atoms with Crippen LogP contribution in [0.15, 0.2) is 18.2 Å². The Morgan fingerprint density at radius 3 is 2.59 bits per heavy atom. The van der Waals surface area contributed by atoms with E-state index in [9.17, 15) is 14.7 Å². The fourth-order valence-electron chi connectivity index (χ4n) is 1.28. The lowest BCUT2D eigenvalue weighted by atomic mass is 10.1. The van der Waals surface area contributed by atoms with Gasteiger partial charge in [0.1, 0.15) is 5.75 Å². The fraction of sp³-hybridized carbons (Fsp3) is 0.333. The maximum atomic E-state index is 11.8. The number of phenols is 1. The Morgan fingerprint density at radius 2 is 2.00 bits per heavy atom. The Labute approximate surface area is 100 Å². The van der Waals surface area contributed by atoms with E-state index in [1.54, 1.807) is 33.2 Å². The van der Waals surface area contributed by atoms with Crippen molar-refractivity contribution < 1.29 is 14.7 Å². The molecule has 2 N–H and O–H groups in total. The summed E-state index contributed by atoms with van der Waals surface area (Å²) in [4.78, 5) is 24.4. The lowest BCUT2D eigenvalue weighted by Crippen LogP contribution is -2.36. The Morgan fingerprint density at radius 1 is 1.35 bits per heavy atom. The smallest absolute Gasteiger partial charge is 0.252 e. The second-order valence-electron chi connectivity index (χ2n) is 3.92. The minimum absolute atomic E-state index is 0.0546. The Hall–Kier alpha value is -2.04. The molecule has 0 saturated carbocycles. The molecule has 1 aromatic carbocycles. The molecular weight excluding hydrogens is 220 g/mol. The van der Waals surface area contributed by atoms with E-state index in [4.69, 9.17) is 0 Å². The number of likely N-dealkylation sites (N-methyl/N-ethyl adjacent to an activating group) is 1. The molecule has 0 heterocycles. The van der Waals surface area contributed by atoms with E-state index in [2.05, 4.69) is 5.32 Å². The van der Waals surface area contributed by atoms with Gasteiger partial charge in [-0.05, 0) is 19.1 Å². The van der Waals surface area contributed by atoms with Crippen molar-refractivity contribution in [1.29, 1.82) is 0 Å². The van der Waals surface area contributed by atoms with E-state index in [-0.39, 0.29) is 24.1 Å². The number of phenolic OH excluding ortho intramolecular Hbond substituents is 1. The molecule has 5 heteroatoms.